The third-order valence-electron chi connectivity index (χ3n) is 4.95. The molecule has 2 aliphatic rings. The molecule has 2 saturated heterocycles. The highest BCUT2D eigenvalue weighted by Crippen LogP contribution is 2.32. The molecule has 118 valence electrons. The van der Waals surface area contributed by atoms with Gasteiger partial charge in [-0.15, -0.1) is 11.3 Å². The summed E-state index contributed by atoms with van der Waals surface area (Å²) in [6.07, 6.45) is 5.42. The van der Waals surface area contributed by atoms with Crippen molar-refractivity contribution < 1.29 is 0 Å². The fourth-order valence-corrected chi connectivity index (χ4v) is 4.94. The van der Waals surface area contributed by atoms with Crippen LogP contribution >= 0.6 is 22.9 Å². The van der Waals surface area contributed by atoms with E-state index in [2.05, 4.69) is 15.9 Å². The van der Waals surface area contributed by atoms with Gasteiger partial charge in [-0.2, -0.15) is 0 Å². The number of halogens is 1. The Morgan fingerprint density at radius 3 is 2.48 bits per heavy atom. The van der Waals surface area contributed by atoms with Gasteiger partial charge in [-0.1, -0.05) is 11.6 Å². The van der Waals surface area contributed by atoms with Crippen molar-refractivity contribution in [1.82, 2.24) is 9.80 Å². The third kappa shape index (κ3) is 3.99. The smallest absolute Gasteiger partial charge is 0.0931 e. The summed E-state index contributed by atoms with van der Waals surface area (Å²) < 4.78 is 0.868. The van der Waals surface area contributed by atoms with Gasteiger partial charge in [0.05, 0.1) is 10.4 Å². The number of likely N-dealkylation sites (tertiary alicyclic amines) is 2. The van der Waals surface area contributed by atoms with Crippen LogP contribution in [-0.4, -0.2) is 49.1 Å². The van der Waals surface area contributed by atoms with Crippen molar-refractivity contribution in [3.63, 3.8) is 0 Å². The minimum Gasteiger partial charge on any atom is -0.329 e. The van der Waals surface area contributed by atoms with E-state index in [1.54, 1.807) is 11.3 Å². The maximum atomic E-state index is 6.07. The molecule has 0 aromatic carbocycles. The van der Waals surface area contributed by atoms with Gasteiger partial charge < -0.3 is 10.6 Å². The zero-order valence-corrected chi connectivity index (χ0v) is 14.2. The van der Waals surface area contributed by atoms with E-state index in [1.807, 2.05) is 6.07 Å². The predicted octanol–water partition coefficient (Wildman–Crippen LogP) is 3.21. The molecule has 0 bridgehead atoms. The van der Waals surface area contributed by atoms with Crippen LogP contribution in [0.2, 0.25) is 4.34 Å². The van der Waals surface area contributed by atoms with Crippen molar-refractivity contribution in [3.8, 4) is 0 Å². The number of rotatable bonds is 5. The summed E-state index contributed by atoms with van der Waals surface area (Å²) in [5.74, 6) is 0.879. The van der Waals surface area contributed by atoms with Gasteiger partial charge in [0.25, 0.3) is 0 Å². The molecule has 3 heterocycles. The number of thiophene rings is 1. The lowest BCUT2D eigenvalue weighted by Gasteiger charge is -2.37. The van der Waals surface area contributed by atoms with Crippen LogP contribution < -0.4 is 5.73 Å². The lowest BCUT2D eigenvalue weighted by Crippen LogP contribution is -2.41. The lowest BCUT2D eigenvalue weighted by atomic mass is 9.95. The maximum absolute atomic E-state index is 6.07. The summed E-state index contributed by atoms with van der Waals surface area (Å²) in [6, 6.07) is 4.49. The van der Waals surface area contributed by atoms with Gasteiger partial charge in [-0.25, -0.2) is 0 Å². The van der Waals surface area contributed by atoms with Crippen molar-refractivity contribution >= 4 is 22.9 Å². The van der Waals surface area contributed by atoms with Crippen molar-refractivity contribution in [2.45, 2.75) is 31.7 Å². The zero-order valence-electron chi connectivity index (χ0n) is 12.6. The molecule has 0 saturated carbocycles. The molecule has 3 rings (SSSR count). The van der Waals surface area contributed by atoms with E-state index in [0.29, 0.717) is 12.6 Å². The van der Waals surface area contributed by atoms with E-state index in [0.717, 1.165) is 10.3 Å². The summed E-state index contributed by atoms with van der Waals surface area (Å²) in [6.45, 7) is 6.99. The normalized spacial score (nSPS) is 23.7. The Hall–Kier alpha value is -0.130. The highest BCUT2D eigenvalue weighted by atomic mass is 35.5. The lowest BCUT2D eigenvalue weighted by molar-refractivity contribution is 0.119. The van der Waals surface area contributed by atoms with Crippen LogP contribution in [0.5, 0.6) is 0 Å². The molecule has 0 radical (unpaired) electrons. The van der Waals surface area contributed by atoms with Gasteiger partial charge in [0.15, 0.2) is 0 Å². The van der Waals surface area contributed by atoms with E-state index in [1.165, 1.54) is 63.3 Å². The molecule has 21 heavy (non-hydrogen) atoms. The number of hydrogen-bond donors (Lipinski definition) is 1. The molecule has 2 aliphatic heterocycles. The first kappa shape index (κ1) is 15.8. The van der Waals surface area contributed by atoms with E-state index in [4.69, 9.17) is 17.3 Å². The quantitative estimate of drug-likeness (QED) is 0.901. The third-order valence-corrected chi connectivity index (χ3v) is 6.28. The molecule has 0 aliphatic carbocycles. The Kier molecular flexibility index (Phi) is 5.57. The standard InChI is InChI=1S/C16H26ClN3S/c17-16-4-3-15(21-16)14(11-18)20-9-5-13(6-10-20)12-19-7-1-2-8-19/h3-4,13-14H,1-2,5-12,18H2. The summed E-state index contributed by atoms with van der Waals surface area (Å²) >= 11 is 7.75. The van der Waals surface area contributed by atoms with E-state index < -0.39 is 0 Å². The average Bonchev–Trinajstić information content (AvgIpc) is 3.14. The Balaban J connectivity index is 1.51. The molecular formula is C16H26ClN3S. The Bertz CT molecular complexity index is 436. The molecule has 2 fully saturated rings. The van der Waals surface area contributed by atoms with Crippen LogP contribution in [0, 0.1) is 5.92 Å². The number of hydrogen-bond acceptors (Lipinski definition) is 4. The van der Waals surface area contributed by atoms with Crippen LogP contribution in [0.25, 0.3) is 0 Å². The monoisotopic (exact) mass is 327 g/mol. The minimum atomic E-state index is 0.357. The fourth-order valence-electron chi connectivity index (χ4n) is 3.73. The molecule has 3 nitrogen and oxygen atoms in total. The van der Waals surface area contributed by atoms with Crippen LogP contribution in [0.15, 0.2) is 12.1 Å². The number of nitrogens with zero attached hydrogens (tertiary/aromatic N) is 2. The molecule has 0 amide bonds. The van der Waals surface area contributed by atoms with Crippen molar-refractivity contribution in [3.05, 3.63) is 21.3 Å². The molecular weight excluding hydrogens is 302 g/mol. The number of nitrogens with two attached hydrogens (primary N) is 1. The SMILES string of the molecule is NCC(c1ccc(Cl)s1)N1CCC(CN2CCCC2)CC1. The Morgan fingerprint density at radius 2 is 1.90 bits per heavy atom. The second-order valence-corrected chi connectivity index (χ2v) is 8.13. The van der Waals surface area contributed by atoms with Gasteiger partial charge in [0.1, 0.15) is 0 Å². The first-order chi connectivity index (χ1) is 10.3. The zero-order chi connectivity index (χ0) is 14.7. The molecule has 1 atom stereocenters. The van der Waals surface area contributed by atoms with Crippen LogP contribution in [0.3, 0.4) is 0 Å². The van der Waals surface area contributed by atoms with Crippen LogP contribution in [0.4, 0.5) is 0 Å². The van der Waals surface area contributed by atoms with Crippen molar-refractivity contribution in [2.24, 2.45) is 11.7 Å². The van der Waals surface area contributed by atoms with Gasteiger partial charge in [-0.3, -0.25) is 4.90 Å². The molecule has 5 heteroatoms. The van der Waals surface area contributed by atoms with E-state index >= 15 is 0 Å². The first-order valence-electron chi connectivity index (χ1n) is 8.18. The average molecular weight is 328 g/mol. The predicted molar refractivity (Wildman–Crippen MR) is 91.1 cm³/mol. The minimum absolute atomic E-state index is 0.357. The van der Waals surface area contributed by atoms with Gasteiger partial charge in [0, 0.05) is 18.0 Å². The highest BCUT2D eigenvalue weighted by Gasteiger charge is 2.27. The second-order valence-electron chi connectivity index (χ2n) is 6.38. The molecule has 1 aromatic heterocycles. The summed E-state index contributed by atoms with van der Waals surface area (Å²) in [5, 5.41) is 0. The Labute approximate surface area is 137 Å². The van der Waals surface area contributed by atoms with Crippen LogP contribution in [0.1, 0.15) is 36.6 Å². The molecule has 0 spiro atoms. The van der Waals surface area contributed by atoms with Gasteiger partial charge in [0.2, 0.25) is 0 Å². The van der Waals surface area contributed by atoms with Crippen molar-refractivity contribution in [1.29, 1.82) is 0 Å². The largest absolute Gasteiger partial charge is 0.329 e. The summed E-state index contributed by atoms with van der Waals surface area (Å²) in [5.41, 5.74) is 6.03. The molecule has 1 unspecified atom stereocenters. The summed E-state index contributed by atoms with van der Waals surface area (Å²) in [4.78, 5) is 6.53. The highest BCUT2D eigenvalue weighted by molar-refractivity contribution is 7.16. The fraction of sp³-hybridized carbons (Fsp3) is 0.750. The summed E-state index contributed by atoms with van der Waals surface area (Å²) in [7, 11) is 0. The maximum Gasteiger partial charge on any atom is 0.0931 e. The second kappa shape index (κ2) is 7.42. The topological polar surface area (TPSA) is 32.5 Å². The van der Waals surface area contributed by atoms with E-state index in [-0.39, 0.29) is 0 Å². The van der Waals surface area contributed by atoms with Crippen molar-refractivity contribution in [2.75, 3.05) is 39.3 Å². The van der Waals surface area contributed by atoms with Gasteiger partial charge in [-0.05, 0) is 69.9 Å². The molecule has 2 N–H and O–H groups in total. The molecule has 1 aromatic rings. The van der Waals surface area contributed by atoms with Gasteiger partial charge >= 0.3 is 0 Å². The number of piperidine rings is 1. The first-order valence-corrected chi connectivity index (χ1v) is 9.37. The van der Waals surface area contributed by atoms with Crippen LogP contribution in [-0.2, 0) is 0 Å². The van der Waals surface area contributed by atoms with E-state index in [9.17, 15) is 0 Å². The Morgan fingerprint density at radius 1 is 1.19 bits per heavy atom.